The van der Waals surface area contributed by atoms with E-state index in [-0.39, 0.29) is 0 Å². The second kappa shape index (κ2) is 5.78. The number of hydrogen-bond acceptors (Lipinski definition) is 5. The molecule has 1 aliphatic carbocycles. The van der Waals surface area contributed by atoms with Crippen molar-refractivity contribution in [1.82, 2.24) is 20.2 Å². The molecule has 1 saturated carbocycles. The highest BCUT2D eigenvalue weighted by Gasteiger charge is 2.59. The first-order valence-corrected chi connectivity index (χ1v) is 8.32. The zero-order valence-electron chi connectivity index (χ0n) is 14.4. The fraction of sp³-hybridized carbons (Fsp3) is 0.765. The van der Waals surface area contributed by atoms with E-state index in [0.29, 0.717) is 23.4 Å². The van der Waals surface area contributed by atoms with Crippen LogP contribution in [0.3, 0.4) is 0 Å². The van der Waals surface area contributed by atoms with Gasteiger partial charge in [0.05, 0.1) is 11.7 Å². The van der Waals surface area contributed by atoms with Gasteiger partial charge in [-0.25, -0.2) is 9.97 Å². The van der Waals surface area contributed by atoms with Crippen molar-refractivity contribution in [2.45, 2.75) is 39.3 Å². The fourth-order valence-corrected chi connectivity index (χ4v) is 3.72. The Hall–Kier alpha value is -1.20. The minimum atomic E-state index is 0.343. The van der Waals surface area contributed by atoms with E-state index in [1.807, 2.05) is 0 Å². The first kappa shape index (κ1) is 15.7. The van der Waals surface area contributed by atoms with Crippen LogP contribution in [0.2, 0.25) is 0 Å². The Morgan fingerprint density at radius 3 is 2.73 bits per heavy atom. The Kier molecular flexibility index (Phi) is 4.12. The molecular weight excluding hydrogens is 274 g/mol. The van der Waals surface area contributed by atoms with Crippen molar-refractivity contribution in [1.29, 1.82) is 0 Å². The zero-order valence-corrected chi connectivity index (χ0v) is 14.4. The van der Waals surface area contributed by atoms with Gasteiger partial charge >= 0.3 is 0 Å². The molecule has 3 rings (SSSR count). The molecule has 0 spiro atoms. The van der Waals surface area contributed by atoms with Gasteiger partial charge in [0.25, 0.3) is 0 Å². The van der Waals surface area contributed by atoms with Gasteiger partial charge in [-0.2, -0.15) is 0 Å². The molecule has 4 unspecified atom stereocenters. The van der Waals surface area contributed by atoms with Crippen LogP contribution in [0.4, 0.5) is 5.82 Å². The molecule has 4 atom stereocenters. The zero-order chi connectivity index (χ0) is 15.9. The molecule has 0 radical (unpaired) electrons. The molecule has 0 amide bonds. The molecule has 5 heteroatoms. The minimum absolute atomic E-state index is 0.343. The highest BCUT2D eigenvalue weighted by molar-refractivity contribution is 5.37. The molecule has 2 fully saturated rings. The lowest BCUT2D eigenvalue weighted by molar-refractivity contribution is 0.327. The monoisotopic (exact) mass is 303 g/mol. The van der Waals surface area contributed by atoms with Crippen molar-refractivity contribution < 1.29 is 0 Å². The van der Waals surface area contributed by atoms with E-state index < -0.39 is 0 Å². The summed E-state index contributed by atoms with van der Waals surface area (Å²) in [5.41, 5.74) is 1.47. The maximum atomic E-state index is 4.52. The summed E-state index contributed by atoms with van der Waals surface area (Å²) >= 11 is 0. The fourth-order valence-electron chi connectivity index (χ4n) is 3.72. The van der Waals surface area contributed by atoms with Crippen LogP contribution < -0.4 is 10.6 Å². The Morgan fingerprint density at radius 2 is 2.09 bits per heavy atom. The van der Waals surface area contributed by atoms with Gasteiger partial charge in [0.2, 0.25) is 0 Å². The maximum Gasteiger partial charge on any atom is 0.129 e. The summed E-state index contributed by atoms with van der Waals surface area (Å²) in [6, 6.07) is 3.20. The molecule has 0 bridgehead atoms. The average molecular weight is 303 g/mol. The Bertz CT molecular complexity index is 522. The summed E-state index contributed by atoms with van der Waals surface area (Å²) in [5.74, 6) is 2.43. The molecule has 5 nitrogen and oxygen atoms in total. The van der Waals surface area contributed by atoms with Crippen molar-refractivity contribution in [2.75, 3.05) is 32.5 Å². The van der Waals surface area contributed by atoms with E-state index in [4.69, 9.17) is 0 Å². The first-order valence-electron chi connectivity index (χ1n) is 8.32. The third-order valence-corrected chi connectivity index (χ3v) is 4.93. The summed E-state index contributed by atoms with van der Waals surface area (Å²) in [6.07, 6.45) is 2.82. The standard InChI is InChI=1S/C17H29N5/c1-17(2,3)6-7-18-13-8-12(20-10-21-13)15-14-11(9-19-15)16(14)22(4)5/h8,10-11,14-16,19H,6-7,9H2,1-5H3,(H,18,20,21). The predicted octanol–water partition coefficient (Wildman–Crippen LogP) is 2.15. The van der Waals surface area contributed by atoms with Gasteiger partial charge in [-0.05, 0) is 31.8 Å². The van der Waals surface area contributed by atoms with Gasteiger partial charge in [-0.15, -0.1) is 0 Å². The van der Waals surface area contributed by atoms with E-state index in [9.17, 15) is 0 Å². The lowest BCUT2D eigenvalue weighted by Gasteiger charge is -2.20. The Balaban J connectivity index is 1.62. The SMILES string of the molecule is CN(C)C1C2CNC(c3cc(NCCC(C)(C)C)ncn3)C21. The third-order valence-electron chi connectivity index (χ3n) is 4.93. The largest absolute Gasteiger partial charge is 0.370 e. The van der Waals surface area contributed by atoms with Crippen LogP contribution in [0.5, 0.6) is 0 Å². The van der Waals surface area contributed by atoms with E-state index >= 15 is 0 Å². The topological polar surface area (TPSA) is 53.1 Å². The van der Waals surface area contributed by atoms with Crippen LogP contribution in [0.1, 0.15) is 38.9 Å². The molecule has 22 heavy (non-hydrogen) atoms. The Labute approximate surface area is 133 Å². The van der Waals surface area contributed by atoms with Gasteiger partial charge in [-0.3, -0.25) is 0 Å². The lowest BCUT2D eigenvalue weighted by atomic mass is 9.92. The quantitative estimate of drug-likeness (QED) is 0.873. The van der Waals surface area contributed by atoms with Gasteiger partial charge in [0.1, 0.15) is 12.1 Å². The summed E-state index contributed by atoms with van der Waals surface area (Å²) in [7, 11) is 4.36. The number of nitrogens with zero attached hydrogens (tertiary/aromatic N) is 3. The lowest BCUT2D eigenvalue weighted by Crippen LogP contribution is -2.29. The van der Waals surface area contributed by atoms with E-state index in [2.05, 4.69) is 66.4 Å². The van der Waals surface area contributed by atoms with Crippen LogP contribution in [0, 0.1) is 17.3 Å². The van der Waals surface area contributed by atoms with Crippen molar-refractivity contribution in [3.63, 3.8) is 0 Å². The third kappa shape index (κ3) is 3.25. The molecule has 1 saturated heterocycles. The molecule has 1 aliphatic heterocycles. The average Bonchev–Trinajstić information content (AvgIpc) is 2.99. The van der Waals surface area contributed by atoms with Gasteiger partial charge in [0.15, 0.2) is 0 Å². The van der Waals surface area contributed by atoms with E-state index in [1.54, 1.807) is 6.33 Å². The smallest absolute Gasteiger partial charge is 0.129 e. The van der Waals surface area contributed by atoms with E-state index in [1.165, 1.54) is 0 Å². The van der Waals surface area contributed by atoms with Crippen molar-refractivity contribution >= 4 is 5.82 Å². The summed E-state index contributed by atoms with van der Waals surface area (Å²) in [6.45, 7) is 8.84. The second-order valence-electron chi connectivity index (χ2n) is 8.15. The highest BCUT2D eigenvalue weighted by Crippen LogP contribution is 2.53. The summed E-state index contributed by atoms with van der Waals surface area (Å²) in [4.78, 5) is 11.2. The van der Waals surface area contributed by atoms with Crippen LogP contribution in [-0.2, 0) is 0 Å². The first-order chi connectivity index (χ1) is 10.4. The van der Waals surface area contributed by atoms with Crippen molar-refractivity contribution in [3.8, 4) is 0 Å². The predicted molar refractivity (Wildman–Crippen MR) is 89.8 cm³/mol. The van der Waals surface area contributed by atoms with Crippen LogP contribution in [0.15, 0.2) is 12.4 Å². The van der Waals surface area contributed by atoms with Crippen LogP contribution in [0.25, 0.3) is 0 Å². The maximum absolute atomic E-state index is 4.52. The molecule has 1 aromatic heterocycles. The number of anilines is 1. The number of fused-ring (bicyclic) bond motifs is 1. The number of hydrogen-bond donors (Lipinski definition) is 2. The van der Waals surface area contributed by atoms with E-state index in [0.717, 1.165) is 36.9 Å². The van der Waals surface area contributed by atoms with Gasteiger partial charge in [-0.1, -0.05) is 20.8 Å². The molecular formula is C17H29N5. The normalized spacial score (nSPS) is 30.5. The molecule has 1 aromatic rings. The highest BCUT2D eigenvalue weighted by atomic mass is 15.2. The van der Waals surface area contributed by atoms with Crippen molar-refractivity contribution in [2.24, 2.45) is 17.3 Å². The molecule has 2 heterocycles. The van der Waals surface area contributed by atoms with Crippen molar-refractivity contribution in [3.05, 3.63) is 18.1 Å². The van der Waals surface area contributed by atoms with Crippen LogP contribution >= 0.6 is 0 Å². The molecule has 2 N–H and O–H groups in total. The summed E-state index contributed by atoms with van der Waals surface area (Å²) < 4.78 is 0. The minimum Gasteiger partial charge on any atom is -0.370 e. The van der Waals surface area contributed by atoms with Crippen LogP contribution in [-0.4, -0.2) is 48.1 Å². The molecule has 122 valence electrons. The number of piperidine rings is 1. The Morgan fingerprint density at radius 1 is 1.32 bits per heavy atom. The molecule has 0 aromatic carbocycles. The summed E-state index contributed by atoms with van der Waals surface area (Å²) in [5, 5.41) is 7.06. The van der Waals surface area contributed by atoms with Gasteiger partial charge in [0, 0.05) is 31.1 Å². The van der Waals surface area contributed by atoms with Gasteiger partial charge < -0.3 is 15.5 Å². The molecule has 2 aliphatic rings. The second-order valence-corrected chi connectivity index (χ2v) is 8.15. The number of aromatic nitrogens is 2. The number of nitrogens with one attached hydrogen (secondary N) is 2. The number of rotatable bonds is 5.